The largest absolute Gasteiger partial charge is 0.338 e. The van der Waals surface area contributed by atoms with Gasteiger partial charge in [-0.3, -0.25) is 4.90 Å². The third kappa shape index (κ3) is 3.73. The molecular formula is C20H30N4O3S. The number of nitrogens with zero attached hydrogens (tertiary/aromatic N) is 4. The molecule has 1 aliphatic heterocycles. The smallest absolute Gasteiger partial charge is 0.243 e. The first-order valence-corrected chi connectivity index (χ1v) is 11.2. The van der Waals surface area contributed by atoms with E-state index in [0.717, 1.165) is 28.7 Å². The normalized spacial score (nSPS) is 17.8. The molecule has 0 unspecified atom stereocenters. The highest BCUT2D eigenvalue weighted by molar-refractivity contribution is 7.89. The van der Waals surface area contributed by atoms with Crippen LogP contribution in [0.3, 0.4) is 0 Å². The van der Waals surface area contributed by atoms with Crippen molar-refractivity contribution in [3.63, 3.8) is 0 Å². The molecule has 8 heteroatoms. The average Bonchev–Trinajstić information content (AvgIpc) is 3.15. The van der Waals surface area contributed by atoms with Gasteiger partial charge in [0.1, 0.15) is 0 Å². The lowest BCUT2D eigenvalue weighted by atomic mass is 10.0. The minimum absolute atomic E-state index is 0.0256. The summed E-state index contributed by atoms with van der Waals surface area (Å²) in [4.78, 5) is 7.07. The molecule has 0 aliphatic carbocycles. The fourth-order valence-corrected chi connectivity index (χ4v) is 5.76. The topological polar surface area (TPSA) is 79.5 Å². The van der Waals surface area contributed by atoms with E-state index in [9.17, 15) is 8.42 Å². The summed E-state index contributed by atoms with van der Waals surface area (Å²) in [6.07, 6.45) is 0.733. The van der Waals surface area contributed by atoms with Gasteiger partial charge < -0.3 is 4.52 Å². The highest BCUT2D eigenvalue weighted by atomic mass is 32.2. The molecule has 1 aliphatic rings. The molecule has 0 bridgehead atoms. The van der Waals surface area contributed by atoms with Gasteiger partial charge in [0.15, 0.2) is 5.82 Å². The van der Waals surface area contributed by atoms with Crippen molar-refractivity contribution in [1.82, 2.24) is 19.3 Å². The molecule has 154 valence electrons. The number of hydrogen-bond donors (Lipinski definition) is 0. The molecule has 0 amide bonds. The first kappa shape index (κ1) is 21.0. The molecule has 0 saturated carbocycles. The van der Waals surface area contributed by atoms with Crippen LogP contribution in [0.5, 0.6) is 0 Å². The maximum Gasteiger partial charge on any atom is 0.243 e. The Labute approximate surface area is 167 Å². The first-order valence-electron chi connectivity index (χ1n) is 9.80. The zero-order valence-electron chi connectivity index (χ0n) is 17.6. The summed E-state index contributed by atoms with van der Waals surface area (Å²) >= 11 is 0. The molecule has 2 heterocycles. The zero-order chi connectivity index (χ0) is 20.6. The number of rotatable bonds is 5. The van der Waals surface area contributed by atoms with Crippen molar-refractivity contribution in [3.8, 4) is 0 Å². The molecule has 2 aromatic rings. The van der Waals surface area contributed by atoms with Gasteiger partial charge in [-0.15, -0.1) is 0 Å². The monoisotopic (exact) mass is 406 g/mol. The van der Waals surface area contributed by atoms with Crippen LogP contribution in [0.25, 0.3) is 0 Å². The van der Waals surface area contributed by atoms with E-state index in [0.29, 0.717) is 42.8 Å². The second kappa shape index (κ2) is 7.93. The maximum atomic E-state index is 13.4. The fourth-order valence-electron chi connectivity index (χ4n) is 3.76. The number of aromatic nitrogens is 2. The summed E-state index contributed by atoms with van der Waals surface area (Å²) in [5.41, 5.74) is 3.71. The van der Waals surface area contributed by atoms with Gasteiger partial charge in [0.05, 0.1) is 10.9 Å². The molecule has 1 aromatic carbocycles. The van der Waals surface area contributed by atoms with Gasteiger partial charge in [0.2, 0.25) is 15.9 Å². The molecule has 0 N–H and O–H groups in total. The van der Waals surface area contributed by atoms with E-state index in [4.69, 9.17) is 4.52 Å². The van der Waals surface area contributed by atoms with E-state index < -0.39 is 10.0 Å². The molecule has 1 atom stereocenters. The Hall–Kier alpha value is -1.77. The molecular weight excluding hydrogens is 376 g/mol. The summed E-state index contributed by atoms with van der Waals surface area (Å²) in [6, 6.07) is 2.03. The van der Waals surface area contributed by atoms with E-state index in [1.807, 2.05) is 41.5 Å². The average molecular weight is 407 g/mol. The third-order valence-corrected chi connectivity index (χ3v) is 8.05. The van der Waals surface area contributed by atoms with Gasteiger partial charge in [-0.25, -0.2) is 8.42 Å². The number of piperazine rings is 1. The summed E-state index contributed by atoms with van der Waals surface area (Å²) in [6.45, 7) is 13.9. The van der Waals surface area contributed by atoms with Crippen LogP contribution in [-0.4, -0.2) is 53.9 Å². The van der Waals surface area contributed by atoms with Crippen molar-refractivity contribution in [2.24, 2.45) is 0 Å². The minimum Gasteiger partial charge on any atom is -0.338 e. The van der Waals surface area contributed by atoms with Crippen LogP contribution < -0.4 is 0 Å². The molecule has 1 aromatic heterocycles. The SMILES string of the molecule is CCc1noc([C@@H](C)N2CCN(S(=O)(=O)c3c(C)c(C)cc(C)c3C)CC2)n1. The Morgan fingerprint density at radius 2 is 1.64 bits per heavy atom. The number of benzene rings is 1. The highest BCUT2D eigenvalue weighted by Crippen LogP contribution is 2.30. The van der Waals surface area contributed by atoms with E-state index in [1.165, 1.54) is 0 Å². The molecule has 3 rings (SSSR count). The number of sulfonamides is 1. The standard InChI is InChI=1S/C20H30N4O3S/c1-7-18-21-20(27-22-18)17(6)23-8-10-24(11-9-23)28(25,26)19-15(4)13(2)12-14(3)16(19)5/h12,17H,7-11H2,1-6H3/t17-/m1/s1. The fraction of sp³-hybridized carbons (Fsp3) is 0.600. The lowest BCUT2D eigenvalue weighted by Crippen LogP contribution is -2.49. The van der Waals surface area contributed by atoms with Crippen molar-refractivity contribution in [1.29, 1.82) is 0 Å². The van der Waals surface area contributed by atoms with Crippen LogP contribution in [0.1, 0.15) is 53.9 Å². The Morgan fingerprint density at radius 1 is 1.07 bits per heavy atom. The lowest BCUT2D eigenvalue weighted by Gasteiger charge is -2.36. The van der Waals surface area contributed by atoms with Crippen molar-refractivity contribution >= 4 is 10.0 Å². The van der Waals surface area contributed by atoms with Crippen LogP contribution in [-0.2, 0) is 16.4 Å². The highest BCUT2D eigenvalue weighted by Gasteiger charge is 2.34. The molecule has 0 radical (unpaired) electrons. The van der Waals surface area contributed by atoms with Crippen LogP contribution in [0.4, 0.5) is 0 Å². The molecule has 0 spiro atoms. The van der Waals surface area contributed by atoms with Crippen LogP contribution in [0, 0.1) is 27.7 Å². The maximum absolute atomic E-state index is 13.4. The molecule has 7 nitrogen and oxygen atoms in total. The van der Waals surface area contributed by atoms with Crippen molar-refractivity contribution < 1.29 is 12.9 Å². The Kier molecular flexibility index (Phi) is 5.93. The van der Waals surface area contributed by atoms with Crippen LogP contribution >= 0.6 is 0 Å². The van der Waals surface area contributed by atoms with Crippen molar-refractivity contribution in [2.45, 2.75) is 58.9 Å². The second-order valence-corrected chi connectivity index (χ2v) is 9.48. The van der Waals surface area contributed by atoms with Crippen molar-refractivity contribution in [2.75, 3.05) is 26.2 Å². The lowest BCUT2D eigenvalue weighted by molar-refractivity contribution is 0.124. The molecule has 1 saturated heterocycles. The van der Waals surface area contributed by atoms with Crippen LogP contribution in [0.2, 0.25) is 0 Å². The molecule has 28 heavy (non-hydrogen) atoms. The Bertz CT molecular complexity index is 934. The summed E-state index contributed by atoms with van der Waals surface area (Å²) < 4.78 is 33.7. The number of aryl methyl sites for hydroxylation is 3. The van der Waals surface area contributed by atoms with Gasteiger partial charge in [0, 0.05) is 32.6 Å². The van der Waals surface area contributed by atoms with Gasteiger partial charge in [0.25, 0.3) is 0 Å². The minimum atomic E-state index is -3.53. The quantitative estimate of drug-likeness (QED) is 0.760. The Balaban J connectivity index is 1.77. The number of hydrogen-bond acceptors (Lipinski definition) is 6. The Morgan fingerprint density at radius 3 is 2.14 bits per heavy atom. The first-order chi connectivity index (χ1) is 13.2. The van der Waals surface area contributed by atoms with E-state index >= 15 is 0 Å². The summed E-state index contributed by atoms with van der Waals surface area (Å²) in [5, 5.41) is 3.96. The van der Waals surface area contributed by atoms with E-state index in [-0.39, 0.29) is 6.04 Å². The van der Waals surface area contributed by atoms with Crippen molar-refractivity contribution in [3.05, 3.63) is 40.0 Å². The second-order valence-electron chi connectivity index (χ2n) is 7.61. The molecule has 1 fully saturated rings. The third-order valence-electron chi connectivity index (χ3n) is 5.87. The van der Waals surface area contributed by atoms with Gasteiger partial charge in [-0.1, -0.05) is 18.1 Å². The van der Waals surface area contributed by atoms with E-state index in [2.05, 4.69) is 21.1 Å². The predicted octanol–water partition coefficient (Wildman–Crippen LogP) is 2.93. The van der Waals surface area contributed by atoms with Gasteiger partial charge in [-0.2, -0.15) is 9.29 Å². The summed E-state index contributed by atoms with van der Waals surface area (Å²) in [5.74, 6) is 1.29. The van der Waals surface area contributed by atoms with Crippen LogP contribution in [0.15, 0.2) is 15.5 Å². The van der Waals surface area contributed by atoms with Gasteiger partial charge >= 0.3 is 0 Å². The van der Waals surface area contributed by atoms with E-state index in [1.54, 1.807) is 4.31 Å². The summed E-state index contributed by atoms with van der Waals surface area (Å²) in [7, 11) is -3.53. The van der Waals surface area contributed by atoms with Gasteiger partial charge in [-0.05, 0) is 56.9 Å². The zero-order valence-corrected chi connectivity index (χ0v) is 18.4. The predicted molar refractivity (Wildman–Crippen MR) is 108 cm³/mol.